The number of amides is 1. The molecule has 3 atom stereocenters. The molecule has 1 aromatic rings. The van der Waals surface area contributed by atoms with Crippen LogP contribution in [0.1, 0.15) is 44.6 Å². The van der Waals surface area contributed by atoms with Gasteiger partial charge in [-0.15, -0.1) is 0 Å². The first-order chi connectivity index (χ1) is 11.0. The molecule has 2 heterocycles. The molecule has 1 aliphatic heterocycles. The van der Waals surface area contributed by atoms with Crippen molar-refractivity contribution >= 4 is 5.91 Å². The van der Waals surface area contributed by atoms with Gasteiger partial charge >= 0.3 is 6.18 Å². The average Bonchev–Trinajstić information content (AvgIpc) is 3.08. The van der Waals surface area contributed by atoms with Crippen molar-refractivity contribution in [2.75, 3.05) is 13.1 Å². The zero-order valence-corrected chi connectivity index (χ0v) is 12.9. The van der Waals surface area contributed by atoms with E-state index in [1.54, 1.807) is 15.9 Å². The number of nitrogens with zero attached hydrogens (tertiary/aromatic N) is 4. The van der Waals surface area contributed by atoms with Gasteiger partial charge in [-0.2, -0.15) is 18.3 Å². The molecule has 0 aromatic carbocycles. The van der Waals surface area contributed by atoms with Crippen molar-refractivity contribution in [1.82, 2.24) is 19.7 Å². The minimum absolute atomic E-state index is 0.00290. The van der Waals surface area contributed by atoms with Gasteiger partial charge in [0, 0.05) is 19.0 Å². The van der Waals surface area contributed by atoms with Crippen molar-refractivity contribution in [2.24, 2.45) is 11.8 Å². The maximum absolute atomic E-state index is 13.2. The summed E-state index contributed by atoms with van der Waals surface area (Å²) in [4.78, 5) is 18.2. The standard InChI is InChI=1S/C15H21F3N4O/c16-15(17,18)13-6-2-1-5-12(13)14(23)21-7-3-4-11(8-21)22-10-19-9-20-22/h9-13H,1-8H2/t11-,12+,13+/m0/s1. The summed E-state index contributed by atoms with van der Waals surface area (Å²) in [5, 5.41) is 4.09. The van der Waals surface area contributed by atoms with Crippen LogP contribution in [0.2, 0.25) is 0 Å². The van der Waals surface area contributed by atoms with Crippen LogP contribution in [0.5, 0.6) is 0 Å². The molecule has 3 rings (SSSR count). The molecule has 8 heteroatoms. The molecule has 2 aliphatic rings. The van der Waals surface area contributed by atoms with Crippen molar-refractivity contribution in [3.8, 4) is 0 Å². The third kappa shape index (κ3) is 3.50. The highest BCUT2D eigenvalue weighted by Crippen LogP contribution is 2.42. The fraction of sp³-hybridized carbons (Fsp3) is 0.800. The Hall–Kier alpha value is -1.60. The fourth-order valence-electron chi connectivity index (χ4n) is 3.83. The van der Waals surface area contributed by atoms with Gasteiger partial charge < -0.3 is 4.90 Å². The van der Waals surface area contributed by atoms with Gasteiger partial charge in [-0.05, 0) is 25.7 Å². The molecule has 1 aliphatic carbocycles. The third-order valence-corrected chi connectivity index (χ3v) is 5.02. The molecule has 1 aromatic heterocycles. The van der Waals surface area contributed by atoms with Gasteiger partial charge in [0.15, 0.2) is 0 Å². The van der Waals surface area contributed by atoms with Crippen LogP contribution in [-0.4, -0.2) is 44.8 Å². The lowest BCUT2D eigenvalue weighted by Crippen LogP contribution is -2.48. The summed E-state index contributed by atoms with van der Waals surface area (Å²) in [5.41, 5.74) is 0. The highest BCUT2D eigenvalue weighted by molar-refractivity contribution is 5.79. The summed E-state index contributed by atoms with van der Waals surface area (Å²) in [5.74, 6) is -2.74. The molecule has 0 radical (unpaired) electrons. The normalized spacial score (nSPS) is 29.5. The first kappa shape index (κ1) is 16.3. The van der Waals surface area contributed by atoms with E-state index in [-0.39, 0.29) is 18.4 Å². The van der Waals surface area contributed by atoms with Gasteiger partial charge in [-0.3, -0.25) is 4.79 Å². The van der Waals surface area contributed by atoms with Crippen LogP contribution in [0.15, 0.2) is 12.7 Å². The summed E-state index contributed by atoms with van der Waals surface area (Å²) >= 11 is 0. The second-order valence-electron chi connectivity index (χ2n) is 6.49. The maximum atomic E-state index is 13.2. The smallest absolute Gasteiger partial charge is 0.340 e. The Labute approximate surface area is 132 Å². The maximum Gasteiger partial charge on any atom is 0.392 e. The number of carbonyl (C=O) groups excluding carboxylic acids is 1. The van der Waals surface area contributed by atoms with E-state index in [0.717, 1.165) is 12.8 Å². The second kappa shape index (κ2) is 6.49. The van der Waals surface area contributed by atoms with E-state index in [1.165, 1.54) is 6.33 Å². The highest BCUT2D eigenvalue weighted by Gasteiger charge is 2.49. The molecular formula is C15H21F3N4O. The fourth-order valence-corrected chi connectivity index (χ4v) is 3.83. The molecule has 0 N–H and O–H groups in total. The van der Waals surface area contributed by atoms with Gasteiger partial charge in [0.2, 0.25) is 5.91 Å². The Balaban J connectivity index is 1.71. The number of piperidine rings is 1. The largest absolute Gasteiger partial charge is 0.392 e. The predicted molar refractivity (Wildman–Crippen MR) is 76.4 cm³/mol. The molecule has 0 spiro atoms. The van der Waals surface area contributed by atoms with E-state index in [4.69, 9.17) is 0 Å². The van der Waals surface area contributed by atoms with Crippen LogP contribution in [-0.2, 0) is 4.79 Å². The Morgan fingerprint density at radius 3 is 2.61 bits per heavy atom. The van der Waals surface area contributed by atoms with Crippen molar-refractivity contribution in [1.29, 1.82) is 0 Å². The van der Waals surface area contributed by atoms with Crippen molar-refractivity contribution in [3.05, 3.63) is 12.7 Å². The Morgan fingerprint density at radius 2 is 1.91 bits per heavy atom. The number of rotatable bonds is 2. The Bertz CT molecular complexity index is 531. The van der Waals surface area contributed by atoms with Crippen molar-refractivity contribution in [3.63, 3.8) is 0 Å². The number of likely N-dealkylation sites (tertiary alicyclic amines) is 1. The molecule has 23 heavy (non-hydrogen) atoms. The minimum Gasteiger partial charge on any atom is -0.340 e. The SMILES string of the molecule is O=C([C@@H]1CCCC[C@H]1C(F)(F)F)N1CCC[C@H](n2cncn2)C1. The molecule has 0 bridgehead atoms. The molecular weight excluding hydrogens is 309 g/mol. The zero-order valence-electron chi connectivity index (χ0n) is 12.9. The summed E-state index contributed by atoms with van der Waals surface area (Å²) in [7, 11) is 0. The molecule has 2 fully saturated rings. The van der Waals surface area contributed by atoms with Gasteiger partial charge in [-0.25, -0.2) is 9.67 Å². The summed E-state index contributed by atoms with van der Waals surface area (Å²) in [6, 6.07) is 0.00290. The van der Waals surface area contributed by atoms with E-state index >= 15 is 0 Å². The van der Waals surface area contributed by atoms with Gasteiger partial charge in [0.05, 0.1) is 12.0 Å². The first-order valence-corrected chi connectivity index (χ1v) is 8.16. The second-order valence-corrected chi connectivity index (χ2v) is 6.49. The lowest BCUT2D eigenvalue weighted by molar-refractivity contribution is -0.201. The Morgan fingerprint density at radius 1 is 1.13 bits per heavy atom. The molecule has 0 unspecified atom stereocenters. The van der Waals surface area contributed by atoms with Crippen molar-refractivity contribution < 1.29 is 18.0 Å². The topological polar surface area (TPSA) is 51.0 Å². The summed E-state index contributed by atoms with van der Waals surface area (Å²) < 4.78 is 41.4. The van der Waals surface area contributed by atoms with E-state index in [0.29, 0.717) is 32.4 Å². The van der Waals surface area contributed by atoms with Crippen LogP contribution in [0, 0.1) is 11.8 Å². The number of hydrogen-bond acceptors (Lipinski definition) is 3. The number of halogens is 3. The van der Waals surface area contributed by atoms with Gasteiger partial charge in [-0.1, -0.05) is 12.8 Å². The monoisotopic (exact) mass is 330 g/mol. The third-order valence-electron chi connectivity index (χ3n) is 5.02. The molecule has 1 saturated heterocycles. The Kier molecular flexibility index (Phi) is 4.59. The van der Waals surface area contributed by atoms with Crippen LogP contribution in [0.4, 0.5) is 13.2 Å². The number of hydrogen-bond donors (Lipinski definition) is 0. The van der Waals surface area contributed by atoms with Crippen LogP contribution in [0.25, 0.3) is 0 Å². The molecule has 5 nitrogen and oxygen atoms in total. The predicted octanol–water partition coefficient (Wildman–Crippen LogP) is 2.81. The number of alkyl halides is 3. The van der Waals surface area contributed by atoms with Crippen LogP contribution < -0.4 is 0 Å². The number of carbonyl (C=O) groups is 1. The molecule has 1 saturated carbocycles. The lowest BCUT2D eigenvalue weighted by Gasteiger charge is -2.39. The van der Waals surface area contributed by atoms with Crippen molar-refractivity contribution in [2.45, 2.75) is 50.7 Å². The average molecular weight is 330 g/mol. The summed E-state index contributed by atoms with van der Waals surface area (Å²) in [6.07, 6.45) is 2.04. The molecule has 1 amide bonds. The van der Waals surface area contributed by atoms with E-state index in [1.807, 2.05) is 0 Å². The zero-order chi connectivity index (χ0) is 16.4. The van der Waals surface area contributed by atoms with Crippen LogP contribution >= 0.6 is 0 Å². The van der Waals surface area contributed by atoms with Gasteiger partial charge in [0.1, 0.15) is 12.7 Å². The minimum atomic E-state index is -4.29. The molecule has 128 valence electrons. The van der Waals surface area contributed by atoms with E-state index in [2.05, 4.69) is 10.1 Å². The van der Waals surface area contributed by atoms with E-state index < -0.39 is 18.0 Å². The van der Waals surface area contributed by atoms with Gasteiger partial charge in [0.25, 0.3) is 0 Å². The lowest BCUT2D eigenvalue weighted by atomic mass is 9.77. The highest BCUT2D eigenvalue weighted by atomic mass is 19.4. The quantitative estimate of drug-likeness (QED) is 0.838. The van der Waals surface area contributed by atoms with E-state index in [9.17, 15) is 18.0 Å². The van der Waals surface area contributed by atoms with Crippen LogP contribution in [0.3, 0.4) is 0 Å². The number of aromatic nitrogens is 3. The first-order valence-electron chi connectivity index (χ1n) is 8.16. The summed E-state index contributed by atoms with van der Waals surface area (Å²) in [6.45, 7) is 0.953.